The van der Waals surface area contributed by atoms with Crippen molar-refractivity contribution in [3.63, 3.8) is 0 Å². The van der Waals surface area contributed by atoms with Crippen LogP contribution in [-0.4, -0.2) is 6.29 Å². The first-order valence-corrected chi connectivity index (χ1v) is 2.75. The van der Waals surface area contributed by atoms with Crippen LogP contribution in [0.4, 0.5) is 13.2 Å². The maximum absolute atomic E-state index is 12.4. The summed E-state index contributed by atoms with van der Waals surface area (Å²) in [5, 5.41) is 0. The molecule has 0 saturated carbocycles. The first kappa shape index (κ1) is 7.78. The Morgan fingerprint density at radius 2 is 1.55 bits per heavy atom. The molecule has 1 aromatic rings. The number of hydrogen-bond acceptors (Lipinski definition) is 1. The zero-order chi connectivity index (χ0) is 8.43. The highest BCUT2D eigenvalue weighted by Gasteiger charge is 2.07. The van der Waals surface area contributed by atoms with Gasteiger partial charge in [-0.1, -0.05) is 0 Å². The minimum absolute atomic E-state index is 0.123. The monoisotopic (exact) mass is 160 g/mol. The van der Waals surface area contributed by atoms with Crippen LogP contribution in [0.25, 0.3) is 0 Å². The first-order valence-electron chi connectivity index (χ1n) is 2.75. The summed E-state index contributed by atoms with van der Waals surface area (Å²) in [5.74, 6) is -3.58. The van der Waals surface area contributed by atoms with Gasteiger partial charge in [-0.3, -0.25) is 4.79 Å². The van der Waals surface area contributed by atoms with Gasteiger partial charge in [0.2, 0.25) is 0 Å². The molecular formula is C7H3F3O. The van der Waals surface area contributed by atoms with Crippen molar-refractivity contribution < 1.29 is 18.0 Å². The van der Waals surface area contributed by atoms with Crippen LogP contribution in [0.5, 0.6) is 0 Å². The molecule has 1 aromatic carbocycles. The SMILES string of the molecule is O=Cc1cc(F)c(F)cc1F. The fraction of sp³-hybridized carbons (Fsp3) is 0. The van der Waals surface area contributed by atoms with E-state index in [0.717, 1.165) is 0 Å². The van der Waals surface area contributed by atoms with Crippen LogP contribution in [0.2, 0.25) is 0 Å². The summed E-state index contributed by atoms with van der Waals surface area (Å²) in [7, 11) is 0. The lowest BCUT2D eigenvalue weighted by Crippen LogP contribution is -1.92. The summed E-state index contributed by atoms with van der Waals surface area (Å²) in [5.41, 5.74) is -0.482. The largest absolute Gasteiger partial charge is 0.298 e. The second kappa shape index (κ2) is 2.74. The minimum Gasteiger partial charge on any atom is -0.298 e. The van der Waals surface area contributed by atoms with Crippen molar-refractivity contribution in [1.82, 2.24) is 0 Å². The van der Waals surface area contributed by atoms with E-state index in [9.17, 15) is 18.0 Å². The van der Waals surface area contributed by atoms with Crippen LogP contribution < -0.4 is 0 Å². The van der Waals surface area contributed by atoms with E-state index in [2.05, 4.69) is 0 Å². The average molecular weight is 160 g/mol. The van der Waals surface area contributed by atoms with Crippen molar-refractivity contribution in [2.24, 2.45) is 0 Å². The Morgan fingerprint density at radius 1 is 1.00 bits per heavy atom. The van der Waals surface area contributed by atoms with Gasteiger partial charge in [-0.25, -0.2) is 13.2 Å². The summed E-state index contributed by atoms with van der Waals surface area (Å²) in [6.07, 6.45) is 0.123. The van der Waals surface area contributed by atoms with E-state index < -0.39 is 23.0 Å². The van der Waals surface area contributed by atoms with Crippen molar-refractivity contribution in [3.05, 3.63) is 35.1 Å². The number of hydrogen-bond donors (Lipinski definition) is 0. The Hall–Kier alpha value is -1.32. The number of benzene rings is 1. The molecule has 0 saturated heterocycles. The van der Waals surface area contributed by atoms with Gasteiger partial charge in [0.25, 0.3) is 0 Å². The molecule has 0 spiro atoms. The summed E-state index contributed by atoms with van der Waals surface area (Å²) < 4.78 is 36.8. The highest BCUT2D eigenvalue weighted by atomic mass is 19.2. The summed E-state index contributed by atoms with van der Waals surface area (Å²) >= 11 is 0. The van der Waals surface area contributed by atoms with Crippen LogP contribution >= 0.6 is 0 Å². The van der Waals surface area contributed by atoms with Gasteiger partial charge in [0.05, 0.1) is 5.56 Å². The lowest BCUT2D eigenvalue weighted by Gasteiger charge is -1.94. The quantitative estimate of drug-likeness (QED) is 0.453. The number of carbonyl (C=O) groups is 1. The predicted octanol–water partition coefficient (Wildman–Crippen LogP) is 1.92. The van der Waals surface area contributed by atoms with E-state index >= 15 is 0 Å². The van der Waals surface area contributed by atoms with Gasteiger partial charge in [0.15, 0.2) is 17.9 Å². The van der Waals surface area contributed by atoms with Crippen molar-refractivity contribution in [1.29, 1.82) is 0 Å². The molecule has 0 heterocycles. The van der Waals surface area contributed by atoms with Gasteiger partial charge in [0, 0.05) is 6.07 Å². The van der Waals surface area contributed by atoms with E-state index in [1.54, 1.807) is 0 Å². The number of halogens is 3. The molecule has 0 amide bonds. The zero-order valence-electron chi connectivity index (χ0n) is 5.27. The third-order valence-corrected chi connectivity index (χ3v) is 1.17. The maximum Gasteiger partial charge on any atom is 0.161 e. The Bertz CT molecular complexity index is 296. The van der Waals surface area contributed by atoms with Gasteiger partial charge in [0.1, 0.15) is 5.82 Å². The predicted molar refractivity (Wildman–Crippen MR) is 31.7 cm³/mol. The van der Waals surface area contributed by atoms with Crippen LogP contribution in [0.1, 0.15) is 10.4 Å². The highest BCUT2D eigenvalue weighted by molar-refractivity contribution is 5.75. The zero-order valence-corrected chi connectivity index (χ0v) is 5.27. The van der Waals surface area contributed by atoms with Crippen molar-refractivity contribution in [2.45, 2.75) is 0 Å². The first-order chi connectivity index (χ1) is 5.15. The molecule has 0 aliphatic heterocycles. The molecule has 0 aliphatic rings. The van der Waals surface area contributed by atoms with Gasteiger partial charge >= 0.3 is 0 Å². The molecule has 0 radical (unpaired) electrons. The Kier molecular flexibility index (Phi) is 1.94. The van der Waals surface area contributed by atoms with Crippen molar-refractivity contribution in [3.8, 4) is 0 Å². The average Bonchev–Trinajstić information content (AvgIpc) is 1.97. The van der Waals surface area contributed by atoms with Crippen LogP contribution in [0, 0.1) is 17.5 Å². The van der Waals surface area contributed by atoms with Gasteiger partial charge in [-0.15, -0.1) is 0 Å². The lowest BCUT2D eigenvalue weighted by molar-refractivity contribution is 0.111. The van der Waals surface area contributed by atoms with Gasteiger partial charge < -0.3 is 0 Å². The maximum atomic E-state index is 12.4. The molecule has 11 heavy (non-hydrogen) atoms. The lowest BCUT2D eigenvalue weighted by atomic mass is 10.2. The van der Waals surface area contributed by atoms with E-state index in [0.29, 0.717) is 12.1 Å². The number of rotatable bonds is 1. The van der Waals surface area contributed by atoms with E-state index in [1.165, 1.54) is 0 Å². The molecule has 1 nitrogen and oxygen atoms in total. The molecule has 0 N–H and O–H groups in total. The topological polar surface area (TPSA) is 17.1 Å². The molecule has 4 heteroatoms. The smallest absolute Gasteiger partial charge is 0.161 e. The Morgan fingerprint density at radius 3 is 2.09 bits per heavy atom. The number of aldehydes is 1. The Balaban J connectivity index is 3.31. The molecule has 58 valence electrons. The fourth-order valence-electron chi connectivity index (χ4n) is 0.628. The minimum atomic E-state index is -1.30. The standard InChI is InChI=1S/C7H3F3O/c8-5-2-7(10)6(9)1-4(5)3-11/h1-3H. The van der Waals surface area contributed by atoms with E-state index in [4.69, 9.17) is 0 Å². The second-order valence-corrected chi connectivity index (χ2v) is 1.91. The normalized spacial score (nSPS) is 9.73. The van der Waals surface area contributed by atoms with Gasteiger partial charge in [-0.05, 0) is 6.07 Å². The summed E-state index contributed by atoms with van der Waals surface area (Å²) in [6.45, 7) is 0. The second-order valence-electron chi connectivity index (χ2n) is 1.91. The molecule has 0 atom stereocenters. The third-order valence-electron chi connectivity index (χ3n) is 1.17. The molecular weight excluding hydrogens is 157 g/mol. The fourth-order valence-corrected chi connectivity index (χ4v) is 0.628. The molecule has 1 rings (SSSR count). The molecule has 0 unspecified atom stereocenters. The highest BCUT2D eigenvalue weighted by Crippen LogP contribution is 2.11. The third kappa shape index (κ3) is 1.39. The summed E-state index contributed by atoms with van der Waals surface area (Å²) in [6, 6.07) is 0.844. The molecule has 0 aromatic heterocycles. The number of carbonyl (C=O) groups excluding carboxylic acids is 1. The molecule has 0 fully saturated rings. The van der Waals surface area contributed by atoms with E-state index in [1.807, 2.05) is 0 Å². The van der Waals surface area contributed by atoms with Crippen LogP contribution in [0.15, 0.2) is 12.1 Å². The molecule has 0 bridgehead atoms. The molecule has 0 aliphatic carbocycles. The van der Waals surface area contributed by atoms with E-state index in [-0.39, 0.29) is 6.29 Å². The van der Waals surface area contributed by atoms with Crippen molar-refractivity contribution in [2.75, 3.05) is 0 Å². The van der Waals surface area contributed by atoms with Crippen LogP contribution in [0.3, 0.4) is 0 Å². The van der Waals surface area contributed by atoms with Gasteiger partial charge in [-0.2, -0.15) is 0 Å². The van der Waals surface area contributed by atoms with Crippen LogP contribution in [-0.2, 0) is 0 Å². The Labute approximate surface area is 60.5 Å². The summed E-state index contributed by atoms with van der Waals surface area (Å²) in [4.78, 5) is 9.96. The van der Waals surface area contributed by atoms with Crippen molar-refractivity contribution >= 4 is 6.29 Å².